The van der Waals surface area contributed by atoms with Gasteiger partial charge < -0.3 is 25.2 Å². The summed E-state index contributed by atoms with van der Waals surface area (Å²) in [6, 6.07) is 22.5. The lowest BCUT2D eigenvalue weighted by Gasteiger charge is -2.30. The maximum atomic E-state index is 11.9. The zero-order chi connectivity index (χ0) is 35.8. The Morgan fingerprint density at radius 3 is 1.76 bits per heavy atom. The van der Waals surface area contributed by atoms with Gasteiger partial charge in [-0.2, -0.15) is 0 Å². The summed E-state index contributed by atoms with van der Waals surface area (Å²) < 4.78 is 5.10. The first-order valence-electron chi connectivity index (χ1n) is 19.0. The van der Waals surface area contributed by atoms with Crippen LogP contribution in [0.5, 0.6) is 0 Å². The van der Waals surface area contributed by atoms with E-state index in [2.05, 4.69) is 106 Å². The molecule has 4 aromatic rings. The zero-order valence-corrected chi connectivity index (χ0v) is 32.3. The summed E-state index contributed by atoms with van der Waals surface area (Å²) in [6.07, 6.45) is 11.4. The number of alkyl carbamates (subject to hydrolysis) is 1. The highest BCUT2D eigenvalue weighted by molar-refractivity contribution is 7.10. The van der Waals surface area contributed by atoms with E-state index in [9.17, 15) is 9.59 Å². The van der Waals surface area contributed by atoms with E-state index >= 15 is 0 Å². The van der Waals surface area contributed by atoms with Crippen LogP contribution in [0.25, 0.3) is 0 Å². The average molecular weight is 729 g/mol. The van der Waals surface area contributed by atoms with Gasteiger partial charge in [-0.15, -0.1) is 22.7 Å². The van der Waals surface area contributed by atoms with Crippen LogP contribution in [0.15, 0.2) is 71.4 Å². The number of ether oxygens (including phenoxy) is 1. The van der Waals surface area contributed by atoms with Crippen LogP contribution in [0.1, 0.15) is 103 Å². The van der Waals surface area contributed by atoms with Gasteiger partial charge in [0.15, 0.2) is 0 Å². The Hall–Kier alpha value is -3.82. The summed E-state index contributed by atoms with van der Waals surface area (Å²) in [7, 11) is 0. The highest BCUT2D eigenvalue weighted by Gasteiger charge is 2.24. The van der Waals surface area contributed by atoms with E-state index < -0.39 is 0 Å². The fourth-order valence-corrected chi connectivity index (χ4v) is 8.76. The van der Waals surface area contributed by atoms with Crippen LogP contribution in [-0.4, -0.2) is 45.3 Å². The number of anilines is 2. The Bertz CT molecular complexity index is 1620. The number of fused-ring (bicyclic) bond motifs is 2. The molecule has 0 saturated heterocycles. The molecular weight excluding hydrogens is 673 g/mol. The Balaban J connectivity index is 0.000000199. The largest absolute Gasteiger partial charge is 0.450 e. The van der Waals surface area contributed by atoms with Crippen LogP contribution in [0.3, 0.4) is 0 Å². The molecule has 0 fully saturated rings. The monoisotopic (exact) mass is 728 g/mol. The van der Waals surface area contributed by atoms with E-state index in [4.69, 9.17) is 4.74 Å². The first kappa shape index (κ1) is 38.4. The van der Waals surface area contributed by atoms with Crippen LogP contribution in [0.2, 0.25) is 0 Å². The molecule has 0 aliphatic heterocycles. The molecule has 0 saturated carbocycles. The second-order valence-corrected chi connectivity index (χ2v) is 15.5. The molecule has 2 amide bonds. The molecule has 51 heavy (non-hydrogen) atoms. The van der Waals surface area contributed by atoms with Crippen molar-refractivity contribution in [3.05, 3.63) is 103 Å². The fourth-order valence-electron chi connectivity index (χ4n) is 7.37. The molecule has 7 nitrogen and oxygen atoms in total. The van der Waals surface area contributed by atoms with Gasteiger partial charge in [0.2, 0.25) is 6.41 Å². The molecule has 2 N–H and O–H groups in total. The van der Waals surface area contributed by atoms with Crippen molar-refractivity contribution < 1.29 is 14.3 Å². The fraction of sp³-hybridized carbons (Fsp3) is 0.476. The first-order chi connectivity index (χ1) is 25.0. The molecule has 0 spiro atoms. The third-order valence-electron chi connectivity index (χ3n) is 9.86. The second-order valence-electron chi connectivity index (χ2n) is 13.4. The molecule has 2 aliphatic carbocycles. The Morgan fingerprint density at radius 1 is 0.765 bits per heavy atom. The summed E-state index contributed by atoms with van der Waals surface area (Å²) in [6.45, 7) is 10.9. The lowest BCUT2D eigenvalue weighted by atomic mass is 9.87. The number of hydrogen-bond donors (Lipinski definition) is 2. The summed E-state index contributed by atoms with van der Waals surface area (Å²) in [4.78, 5) is 30.7. The summed E-state index contributed by atoms with van der Waals surface area (Å²) in [5, 5.41) is 10.3. The Labute approximate surface area is 313 Å². The number of carbonyl (C=O) groups is 2. The number of rotatable bonds is 16. The number of amides is 2. The normalized spacial score (nSPS) is 16.1. The van der Waals surface area contributed by atoms with Crippen molar-refractivity contribution in [3.8, 4) is 0 Å². The number of aryl methyl sites for hydroxylation is 2. The molecule has 0 radical (unpaired) electrons. The van der Waals surface area contributed by atoms with Gasteiger partial charge >= 0.3 is 6.09 Å². The molecular formula is C42H56N4O3S2. The van der Waals surface area contributed by atoms with Crippen molar-refractivity contribution in [2.24, 2.45) is 0 Å². The lowest BCUT2D eigenvalue weighted by molar-refractivity contribution is -0.110. The molecule has 274 valence electrons. The van der Waals surface area contributed by atoms with Gasteiger partial charge in [-0.1, -0.05) is 38.1 Å². The van der Waals surface area contributed by atoms with Crippen molar-refractivity contribution in [2.45, 2.75) is 97.1 Å². The van der Waals surface area contributed by atoms with E-state index in [0.29, 0.717) is 6.61 Å². The van der Waals surface area contributed by atoms with Crippen molar-refractivity contribution in [1.29, 1.82) is 0 Å². The Morgan fingerprint density at radius 2 is 1.29 bits per heavy atom. The number of nitrogens with one attached hydrogen (secondary N) is 2. The highest BCUT2D eigenvalue weighted by atomic mass is 32.1. The van der Waals surface area contributed by atoms with E-state index in [1.165, 1.54) is 43.4 Å². The molecule has 2 aliphatic rings. The topological polar surface area (TPSA) is 73.9 Å². The number of nitrogens with zero attached hydrogens (tertiary/aromatic N) is 2. The van der Waals surface area contributed by atoms with E-state index in [1.807, 2.05) is 29.6 Å². The standard InChI is InChI=1S/C22H30N2O2S.C20H26N2OS/c1-3-13-24(14-12-19-8-6-15-27-19)18-11-10-17-7-5-9-21(20(17)16-18)23-22(25)26-4-2;1-2-11-22(12-10-18-6-4-13-24-18)17-9-8-16-5-3-7-20(21-15-23)19(16)14-17/h6,8,10-11,15-16,21H,3-5,7,9,12-14H2,1-2H3,(H,23,25);4,6,8-9,13-15,20H,2-3,5,7,10-12H2,1H3,(H,21,23). The van der Waals surface area contributed by atoms with Gasteiger partial charge in [0.25, 0.3) is 0 Å². The van der Waals surface area contributed by atoms with Gasteiger partial charge in [-0.3, -0.25) is 4.79 Å². The molecule has 2 aromatic carbocycles. The van der Waals surface area contributed by atoms with Gasteiger partial charge in [-0.25, -0.2) is 4.79 Å². The number of thiophene rings is 2. The van der Waals surface area contributed by atoms with Crippen molar-refractivity contribution in [2.75, 3.05) is 42.6 Å². The van der Waals surface area contributed by atoms with Crippen molar-refractivity contribution in [1.82, 2.24) is 10.6 Å². The van der Waals surface area contributed by atoms with Crippen molar-refractivity contribution >= 4 is 46.6 Å². The van der Waals surface area contributed by atoms with Gasteiger partial charge in [0.1, 0.15) is 0 Å². The number of hydrogen-bond acceptors (Lipinski definition) is 7. The highest BCUT2D eigenvalue weighted by Crippen LogP contribution is 2.34. The third kappa shape index (κ3) is 11.1. The first-order valence-corrected chi connectivity index (χ1v) is 20.7. The molecule has 2 aromatic heterocycles. The van der Waals surface area contributed by atoms with Crippen LogP contribution in [-0.2, 0) is 35.2 Å². The van der Waals surface area contributed by atoms with Gasteiger partial charge in [0, 0.05) is 47.3 Å². The van der Waals surface area contributed by atoms with Crippen molar-refractivity contribution in [3.63, 3.8) is 0 Å². The SMILES string of the molecule is CCCN(CCc1cccs1)c1ccc2c(c1)C(NC(=O)OCC)CCC2.CCCN(CCc1cccs1)c1ccc2c(c1)C(NC=O)CCC2. The van der Waals surface area contributed by atoms with Gasteiger partial charge in [0.05, 0.1) is 18.7 Å². The van der Waals surface area contributed by atoms with Crippen LogP contribution in [0.4, 0.5) is 16.2 Å². The van der Waals surface area contributed by atoms with E-state index in [0.717, 1.165) is 96.8 Å². The maximum absolute atomic E-state index is 11.9. The molecule has 2 unspecified atom stereocenters. The zero-order valence-electron chi connectivity index (χ0n) is 30.7. The third-order valence-corrected chi connectivity index (χ3v) is 11.7. The molecule has 9 heteroatoms. The molecule has 2 atom stereocenters. The molecule has 0 bridgehead atoms. The molecule has 6 rings (SSSR count). The number of benzene rings is 2. The van der Waals surface area contributed by atoms with Crippen LogP contribution >= 0.6 is 22.7 Å². The predicted molar refractivity (Wildman–Crippen MR) is 215 cm³/mol. The minimum Gasteiger partial charge on any atom is -0.450 e. The smallest absolute Gasteiger partial charge is 0.407 e. The second kappa shape index (κ2) is 20.3. The van der Waals surface area contributed by atoms with Crippen LogP contribution < -0.4 is 20.4 Å². The maximum Gasteiger partial charge on any atom is 0.407 e. The number of carbonyl (C=O) groups excluding carboxylic acids is 2. The molecule has 2 heterocycles. The minimum atomic E-state index is -0.316. The van der Waals surface area contributed by atoms with E-state index in [1.54, 1.807) is 0 Å². The van der Waals surface area contributed by atoms with Crippen LogP contribution in [0, 0.1) is 0 Å². The summed E-state index contributed by atoms with van der Waals surface area (Å²) >= 11 is 3.66. The average Bonchev–Trinajstić information content (AvgIpc) is 3.88. The van der Waals surface area contributed by atoms with Gasteiger partial charge in [-0.05, 0) is 141 Å². The predicted octanol–water partition coefficient (Wildman–Crippen LogP) is 9.66. The summed E-state index contributed by atoms with van der Waals surface area (Å²) in [5.41, 5.74) is 7.84. The Kier molecular flexibility index (Phi) is 15.3. The van der Waals surface area contributed by atoms with E-state index in [-0.39, 0.29) is 18.2 Å². The summed E-state index contributed by atoms with van der Waals surface area (Å²) in [5.74, 6) is 0. The lowest BCUT2D eigenvalue weighted by Crippen LogP contribution is -2.32. The minimum absolute atomic E-state index is 0.0496. The quantitative estimate of drug-likeness (QED) is 0.113.